The van der Waals surface area contributed by atoms with E-state index in [9.17, 15) is 0 Å². The van der Waals surface area contributed by atoms with Crippen LogP contribution < -0.4 is 10.1 Å². The normalized spacial score (nSPS) is 11.6. The molecule has 0 amide bonds. The van der Waals surface area contributed by atoms with Gasteiger partial charge in [-0.25, -0.2) is 0 Å². The van der Waals surface area contributed by atoms with Crippen molar-refractivity contribution in [2.24, 2.45) is 0 Å². The van der Waals surface area contributed by atoms with Crippen molar-refractivity contribution in [3.05, 3.63) is 24.3 Å². The summed E-state index contributed by atoms with van der Waals surface area (Å²) in [5.74, 6) is 1.04. The van der Waals surface area contributed by atoms with Gasteiger partial charge in [-0.05, 0) is 38.2 Å². The van der Waals surface area contributed by atoms with Crippen molar-refractivity contribution in [3.63, 3.8) is 0 Å². The van der Waals surface area contributed by atoms with E-state index in [4.69, 9.17) is 9.84 Å². The Balaban J connectivity index is 0.00000169. The molecule has 0 aliphatic rings. The van der Waals surface area contributed by atoms with E-state index >= 15 is 0 Å². The number of phenolic OH excluding ortho intramolecular Hbond substituents is 1. The lowest BCUT2D eigenvalue weighted by Gasteiger charge is -2.11. The molecular weight excluding hydrogens is 202 g/mol. The molecule has 0 aromatic heterocycles. The minimum Gasteiger partial charge on any atom is -0.508 e. The van der Waals surface area contributed by atoms with Crippen LogP contribution in [0.2, 0.25) is 0 Å². The molecule has 3 nitrogen and oxygen atoms in total. The summed E-state index contributed by atoms with van der Waals surface area (Å²) in [5.41, 5.74) is 0. The molecule has 4 heteroatoms. The first-order valence-corrected chi connectivity index (χ1v) is 4.31. The van der Waals surface area contributed by atoms with Crippen LogP contribution in [0.15, 0.2) is 24.3 Å². The molecule has 80 valence electrons. The Hall–Kier alpha value is -0.930. The summed E-state index contributed by atoms with van der Waals surface area (Å²) in [6.45, 7) is 2.67. The first-order valence-electron chi connectivity index (χ1n) is 4.31. The zero-order chi connectivity index (χ0) is 9.68. The average Bonchev–Trinajstić information content (AvgIpc) is 2.16. The highest BCUT2D eigenvalue weighted by Gasteiger charge is 1.98. The molecule has 1 aromatic rings. The van der Waals surface area contributed by atoms with Crippen molar-refractivity contribution in [2.45, 2.75) is 13.0 Å². The van der Waals surface area contributed by atoms with Crippen molar-refractivity contribution in [1.82, 2.24) is 5.32 Å². The van der Waals surface area contributed by atoms with Crippen molar-refractivity contribution in [2.75, 3.05) is 13.7 Å². The second kappa shape index (κ2) is 6.51. The van der Waals surface area contributed by atoms with E-state index in [1.807, 2.05) is 14.0 Å². The molecule has 0 heterocycles. The van der Waals surface area contributed by atoms with Crippen LogP contribution in [0.1, 0.15) is 6.92 Å². The molecule has 0 fully saturated rings. The number of rotatable bonds is 4. The fraction of sp³-hybridized carbons (Fsp3) is 0.400. The van der Waals surface area contributed by atoms with Gasteiger partial charge in [-0.15, -0.1) is 12.4 Å². The van der Waals surface area contributed by atoms with E-state index in [-0.39, 0.29) is 18.2 Å². The maximum absolute atomic E-state index is 9.01. The van der Waals surface area contributed by atoms with Gasteiger partial charge in [0.15, 0.2) is 0 Å². The number of benzene rings is 1. The topological polar surface area (TPSA) is 41.5 Å². The van der Waals surface area contributed by atoms with Gasteiger partial charge in [0.05, 0.1) is 0 Å². The minimum absolute atomic E-state index is 0. The van der Waals surface area contributed by atoms with Crippen molar-refractivity contribution < 1.29 is 9.84 Å². The fourth-order valence-electron chi connectivity index (χ4n) is 0.847. The Kier molecular flexibility index (Phi) is 6.08. The van der Waals surface area contributed by atoms with Crippen LogP contribution in [0.3, 0.4) is 0 Å². The SMILES string of the molecule is CNC(C)COc1ccc(O)cc1.Cl. The van der Waals surface area contributed by atoms with Crippen molar-refractivity contribution >= 4 is 12.4 Å². The summed E-state index contributed by atoms with van der Waals surface area (Å²) in [7, 11) is 1.89. The van der Waals surface area contributed by atoms with Gasteiger partial charge >= 0.3 is 0 Å². The number of halogens is 1. The lowest BCUT2D eigenvalue weighted by atomic mass is 10.3. The van der Waals surface area contributed by atoms with Crippen LogP contribution in [0.5, 0.6) is 11.5 Å². The third-order valence-electron chi connectivity index (χ3n) is 1.83. The molecule has 0 saturated carbocycles. The van der Waals surface area contributed by atoms with Gasteiger partial charge in [0.1, 0.15) is 18.1 Å². The molecule has 1 rings (SSSR count). The monoisotopic (exact) mass is 217 g/mol. The Morgan fingerprint density at radius 3 is 2.43 bits per heavy atom. The van der Waals surface area contributed by atoms with Crippen LogP contribution in [0, 0.1) is 0 Å². The van der Waals surface area contributed by atoms with Gasteiger partial charge < -0.3 is 15.2 Å². The number of aromatic hydroxyl groups is 1. The van der Waals surface area contributed by atoms with E-state index in [2.05, 4.69) is 5.32 Å². The Bertz CT molecular complexity index is 251. The van der Waals surface area contributed by atoms with Gasteiger partial charge in [0.2, 0.25) is 0 Å². The molecule has 0 bridgehead atoms. The standard InChI is InChI=1S/C10H15NO2.ClH/c1-8(11-2)7-13-10-5-3-9(12)4-6-10;/h3-6,8,11-12H,7H2,1-2H3;1H. The smallest absolute Gasteiger partial charge is 0.119 e. The zero-order valence-electron chi connectivity index (χ0n) is 8.36. The second-order valence-electron chi connectivity index (χ2n) is 2.99. The molecule has 0 saturated heterocycles. The average molecular weight is 218 g/mol. The highest BCUT2D eigenvalue weighted by Crippen LogP contribution is 2.15. The van der Waals surface area contributed by atoms with Crippen molar-refractivity contribution in [3.8, 4) is 11.5 Å². The highest BCUT2D eigenvalue weighted by molar-refractivity contribution is 5.85. The first-order chi connectivity index (χ1) is 6.22. The summed E-state index contributed by atoms with van der Waals surface area (Å²) < 4.78 is 5.44. The second-order valence-corrected chi connectivity index (χ2v) is 2.99. The Morgan fingerprint density at radius 1 is 1.36 bits per heavy atom. The number of ether oxygens (including phenoxy) is 1. The fourth-order valence-corrected chi connectivity index (χ4v) is 0.847. The van der Waals surface area contributed by atoms with Gasteiger partial charge in [0, 0.05) is 6.04 Å². The maximum Gasteiger partial charge on any atom is 0.119 e. The molecule has 1 aromatic carbocycles. The van der Waals surface area contributed by atoms with Crippen LogP contribution in [0.25, 0.3) is 0 Å². The molecule has 1 unspecified atom stereocenters. The number of likely N-dealkylation sites (N-methyl/N-ethyl adjacent to an activating group) is 1. The minimum atomic E-state index is 0. The third kappa shape index (κ3) is 4.35. The van der Waals surface area contributed by atoms with Gasteiger partial charge in [-0.2, -0.15) is 0 Å². The predicted octanol–water partition coefficient (Wildman–Crippen LogP) is 1.80. The van der Waals surface area contributed by atoms with Crippen LogP contribution >= 0.6 is 12.4 Å². The molecule has 14 heavy (non-hydrogen) atoms. The summed E-state index contributed by atoms with van der Waals surface area (Å²) in [5, 5.41) is 12.1. The van der Waals surface area contributed by atoms with E-state index in [1.165, 1.54) is 0 Å². The molecule has 1 atom stereocenters. The summed E-state index contributed by atoms with van der Waals surface area (Å²) in [6, 6.07) is 7.04. The van der Waals surface area contributed by atoms with Gasteiger partial charge in [-0.3, -0.25) is 0 Å². The number of hydrogen-bond donors (Lipinski definition) is 2. The van der Waals surface area contributed by atoms with Crippen molar-refractivity contribution in [1.29, 1.82) is 0 Å². The van der Waals surface area contributed by atoms with E-state index in [1.54, 1.807) is 24.3 Å². The zero-order valence-corrected chi connectivity index (χ0v) is 9.17. The Morgan fingerprint density at radius 2 is 1.93 bits per heavy atom. The van der Waals surface area contributed by atoms with Gasteiger partial charge in [0.25, 0.3) is 0 Å². The largest absolute Gasteiger partial charge is 0.508 e. The summed E-state index contributed by atoms with van der Waals surface area (Å²) in [4.78, 5) is 0. The quantitative estimate of drug-likeness (QED) is 0.808. The maximum atomic E-state index is 9.01. The predicted molar refractivity (Wildman–Crippen MR) is 59.4 cm³/mol. The molecule has 2 N–H and O–H groups in total. The van der Waals surface area contributed by atoms with E-state index < -0.39 is 0 Å². The van der Waals surface area contributed by atoms with E-state index in [0.717, 1.165) is 5.75 Å². The molecular formula is C10H16ClNO2. The first kappa shape index (κ1) is 13.1. The highest BCUT2D eigenvalue weighted by atomic mass is 35.5. The molecule has 0 radical (unpaired) electrons. The molecule has 0 aliphatic heterocycles. The summed E-state index contributed by atoms with van der Waals surface area (Å²) >= 11 is 0. The number of hydrogen-bond acceptors (Lipinski definition) is 3. The van der Waals surface area contributed by atoms with Crippen LogP contribution in [-0.4, -0.2) is 24.8 Å². The molecule has 0 spiro atoms. The number of phenols is 1. The van der Waals surface area contributed by atoms with Crippen LogP contribution in [-0.2, 0) is 0 Å². The lowest BCUT2D eigenvalue weighted by Crippen LogP contribution is -2.28. The third-order valence-corrected chi connectivity index (χ3v) is 1.83. The summed E-state index contributed by atoms with van der Waals surface area (Å²) in [6.07, 6.45) is 0. The van der Waals surface area contributed by atoms with Crippen LogP contribution in [0.4, 0.5) is 0 Å². The number of nitrogens with one attached hydrogen (secondary N) is 1. The van der Waals surface area contributed by atoms with Gasteiger partial charge in [-0.1, -0.05) is 0 Å². The Labute approximate surface area is 90.5 Å². The molecule has 0 aliphatic carbocycles. The lowest BCUT2D eigenvalue weighted by molar-refractivity contribution is 0.279. The van der Waals surface area contributed by atoms with E-state index in [0.29, 0.717) is 12.6 Å².